The van der Waals surface area contributed by atoms with Crippen LogP contribution in [-0.4, -0.2) is 75.0 Å². The fourth-order valence-electron chi connectivity index (χ4n) is 5.86. The first-order valence-electron chi connectivity index (χ1n) is 15.2. The summed E-state index contributed by atoms with van der Waals surface area (Å²) >= 11 is 0.785. The van der Waals surface area contributed by atoms with Crippen LogP contribution in [0.15, 0.2) is 72.9 Å². The van der Waals surface area contributed by atoms with Gasteiger partial charge in [0.2, 0.25) is 6.10 Å². The number of amides is 5. The quantitative estimate of drug-likeness (QED) is 0.177. The number of imide groups is 1. The van der Waals surface area contributed by atoms with Gasteiger partial charge in [0.25, 0.3) is 29.5 Å². The molecule has 0 aliphatic carbocycles. The molecule has 0 saturated carbocycles. The van der Waals surface area contributed by atoms with Crippen LogP contribution in [0.5, 0.6) is 0 Å². The predicted octanol–water partition coefficient (Wildman–Crippen LogP) is 2.56. The molecule has 0 spiro atoms. The lowest BCUT2D eigenvalue weighted by Crippen LogP contribution is -2.56. The molecule has 17 heteroatoms. The first-order chi connectivity index (χ1) is 24.6. The highest BCUT2D eigenvalue weighted by Gasteiger charge is 2.44. The van der Waals surface area contributed by atoms with Gasteiger partial charge in [-0.15, -0.1) is 5.10 Å². The third-order valence-corrected chi connectivity index (χ3v) is 9.06. The van der Waals surface area contributed by atoms with Gasteiger partial charge in [-0.3, -0.25) is 33.7 Å². The van der Waals surface area contributed by atoms with Gasteiger partial charge >= 0.3 is 5.97 Å². The number of hydrogen-bond acceptors (Lipinski definition) is 12. The van der Waals surface area contributed by atoms with E-state index < -0.39 is 47.7 Å². The van der Waals surface area contributed by atoms with Gasteiger partial charge in [0, 0.05) is 24.6 Å². The Labute approximate surface area is 291 Å². The van der Waals surface area contributed by atoms with E-state index in [2.05, 4.69) is 14.8 Å². The highest BCUT2D eigenvalue weighted by Crippen LogP contribution is 2.39. The second-order valence-electron chi connectivity index (χ2n) is 11.3. The average molecular weight is 705 g/mol. The molecule has 5 amide bonds. The van der Waals surface area contributed by atoms with E-state index in [4.69, 9.17) is 20.5 Å². The molecule has 4 heterocycles. The van der Waals surface area contributed by atoms with Crippen molar-refractivity contribution in [1.29, 1.82) is 5.26 Å². The van der Waals surface area contributed by atoms with Crippen LogP contribution in [0.3, 0.4) is 0 Å². The minimum absolute atomic E-state index is 0.0118. The molecule has 51 heavy (non-hydrogen) atoms. The highest BCUT2D eigenvalue weighted by molar-refractivity contribution is 7.14. The van der Waals surface area contributed by atoms with E-state index in [0.29, 0.717) is 11.3 Å². The zero-order valence-corrected chi connectivity index (χ0v) is 27.2. The number of fused-ring (bicyclic) bond motifs is 2. The number of nitriles is 1. The maximum absolute atomic E-state index is 13.8. The number of aromatic nitrogens is 3. The SMILES string of the molecule is CC(=O)O[C@@H](C(=O)Nc1ccc2c(N3C(=O)c4ccccc4C3=O)nsc2c1C(N)=O)[C@H]1OCCN(c2ccn(-c3ccc(C#N)cc3)n2)C1=O. The Morgan fingerprint density at radius 2 is 1.75 bits per heavy atom. The van der Waals surface area contributed by atoms with E-state index in [1.807, 2.05) is 6.07 Å². The Balaban J connectivity index is 1.16. The fraction of sp³-hybridized carbons (Fsp3) is 0.147. The van der Waals surface area contributed by atoms with Crippen LogP contribution in [0, 0.1) is 11.3 Å². The number of esters is 1. The Morgan fingerprint density at radius 1 is 1.04 bits per heavy atom. The maximum Gasteiger partial charge on any atom is 0.303 e. The molecule has 254 valence electrons. The summed E-state index contributed by atoms with van der Waals surface area (Å²) in [5.74, 6) is -4.51. The lowest BCUT2D eigenvalue weighted by Gasteiger charge is -2.34. The predicted molar refractivity (Wildman–Crippen MR) is 180 cm³/mol. The topological polar surface area (TPSA) is 220 Å². The number of benzene rings is 3. The number of hydrogen-bond donors (Lipinski definition) is 2. The van der Waals surface area contributed by atoms with E-state index in [1.54, 1.807) is 48.7 Å². The monoisotopic (exact) mass is 704 g/mol. The molecule has 2 aliphatic heterocycles. The molecule has 3 N–H and O–H groups in total. The van der Waals surface area contributed by atoms with E-state index in [0.717, 1.165) is 23.4 Å². The van der Waals surface area contributed by atoms with E-state index >= 15 is 0 Å². The Hall–Kier alpha value is -6.77. The lowest BCUT2D eigenvalue weighted by molar-refractivity contribution is -0.167. The van der Waals surface area contributed by atoms with Gasteiger partial charge in [-0.1, -0.05) is 12.1 Å². The molecule has 7 rings (SSSR count). The molecule has 5 aromatic rings. The van der Waals surface area contributed by atoms with Gasteiger partial charge < -0.3 is 20.5 Å². The number of ether oxygens (including phenoxy) is 2. The van der Waals surface area contributed by atoms with E-state index in [-0.39, 0.29) is 57.3 Å². The van der Waals surface area contributed by atoms with Crippen LogP contribution in [0.2, 0.25) is 0 Å². The lowest BCUT2D eigenvalue weighted by atomic mass is 10.1. The zero-order valence-electron chi connectivity index (χ0n) is 26.4. The molecule has 2 aromatic heterocycles. The fourth-order valence-corrected chi connectivity index (χ4v) is 6.78. The number of rotatable bonds is 8. The molecular formula is C34H24N8O8S. The molecule has 2 atom stereocenters. The summed E-state index contributed by atoms with van der Waals surface area (Å²) in [5.41, 5.74) is 6.98. The minimum Gasteiger partial charge on any atom is -0.449 e. The van der Waals surface area contributed by atoms with Crippen LogP contribution in [0.25, 0.3) is 15.8 Å². The minimum atomic E-state index is -1.80. The van der Waals surface area contributed by atoms with Crippen molar-refractivity contribution in [1.82, 2.24) is 14.2 Å². The number of carbonyl (C=O) groups is 6. The number of carbonyl (C=O) groups excluding carboxylic acids is 6. The van der Waals surface area contributed by atoms with Crippen molar-refractivity contribution in [2.24, 2.45) is 5.73 Å². The standard InChI is InChI=1S/C34H24N8O8S/c1-17(43)50-26(27-34(48)40(14-15-49-27)24-12-13-41(38-24)19-8-6-18(16-35)7-9-19)31(45)37-23-11-10-22-28(25(23)29(36)44)51-39-30(22)42-32(46)20-4-2-3-5-21(20)33(42)47/h2-13,26-27H,14-15H2,1H3,(H2,36,44)(H,37,45)/t26-,27-/m1/s1. The number of anilines is 3. The van der Waals surface area contributed by atoms with Crippen LogP contribution >= 0.6 is 11.5 Å². The zero-order chi connectivity index (χ0) is 36.0. The van der Waals surface area contributed by atoms with Crippen LogP contribution < -0.4 is 20.9 Å². The summed E-state index contributed by atoms with van der Waals surface area (Å²) < 4.78 is 16.9. The normalized spacial score (nSPS) is 16.2. The smallest absolute Gasteiger partial charge is 0.303 e. The van der Waals surface area contributed by atoms with Crippen molar-refractivity contribution in [2.75, 3.05) is 28.3 Å². The first-order valence-corrected chi connectivity index (χ1v) is 16.0. The average Bonchev–Trinajstić information content (AvgIpc) is 3.84. The van der Waals surface area contributed by atoms with E-state index in [1.165, 1.54) is 33.8 Å². The van der Waals surface area contributed by atoms with Crippen LogP contribution in [-0.2, 0) is 23.9 Å². The number of nitrogens with one attached hydrogen (secondary N) is 1. The molecule has 2 aliphatic rings. The van der Waals surface area contributed by atoms with Gasteiger partial charge in [-0.25, -0.2) is 9.58 Å². The number of nitrogens with two attached hydrogens (primary N) is 1. The van der Waals surface area contributed by atoms with Gasteiger partial charge in [0.05, 0.1) is 57.5 Å². The van der Waals surface area contributed by atoms with Crippen LogP contribution in [0.4, 0.5) is 17.3 Å². The molecule has 1 saturated heterocycles. The summed E-state index contributed by atoms with van der Waals surface area (Å²) in [5, 5.41) is 16.3. The Morgan fingerprint density at radius 3 is 2.39 bits per heavy atom. The van der Waals surface area contributed by atoms with Crippen molar-refractivity contribution in [2.45, 2.75) is 19.1 Å². The molecule has 0 bridgehead atoms. The van der Waals surface area contributed by atoms with Crippen molar-refractivity contribution < 1.29 is 38.2 Å². The molecule has 0 unspecified atom stereocenters. The summed E-state index contributed by atoms with van der Waals surface area (Å²) in [6, 6.07) is 19.3. The van der Waals surface area contributed by atoms with Crippen molar-refractivity contribution in [3.05, 3.63) is 95.2 Å². The molecule has 1 fully saturated rings. The second kappa shape index (κ2) is 12.9. The van der Waals surface area contributed by atoms with Crippen molar-refractivity contribution in [3.63, 3.8) is 0 Å². The summed E-state index contributed by atoms with van der Waals surface area (Å²) in [6.07, 6.45) is -1.77. The highest BCUT2D eigenvalue weighted by atomic mass is 32.1. The van der Waals surface area contributed by atoms with E-state index in [9.17, 15) is 28.8 Å². The summed E-state index contributed by atoms with van der Waals surface area (Å²) in [4.78, 5) is 81.0. The summed E-state index contributed by atoms with van der Waals surface area (Å²) in [6.45, 7) is 1.10. The number of nitrogens with zero attached hydrogens (tertiary/aromatic N) is 6. The maximum atomic E-state index is 13.8. The molecular weight excluding hydrogens is 680 g/mol. The number of primary amides is 1. The molecule has 3 aromatic carbocycles. The number of morpholine rings is 1. The first kappa shape index (κ1) is 32.8. The molecule has 0 radical (unpaired) electrons. The Bertz CT molecular complexity index is 2310. The Kier molecular flexibility index (Phi) is 8.30. The van der Waals surface area contributed by atoms with Gasteiger partial charge in [0.1, 0.15) is 0 Å². The van der Waals surface area contributed by atoms with Gasteiger partial charge in [0.15, 0.2) is 17.7 Å². The van der Waals surface area contributed by atoms with Crippen LogP contribution in [0.1, 0.15) is 43.6 Å². The van der Waals surface area contributed by atoms with Gasteiger partial charge in [-0.2, -0.15) is 9.64 Å². The van der Waals surface area contributed by atoms with Crippen molar-refractivity contribution in [3.8, 4) is 11.8 Å². The third kappa shape index (κ3) is 5.73. The summed E-state index contributed by atoms with van der Waals surface area (Å²) in [7, 11) is 0. The van der Waals surface area contributed by atoms with Gasteiger partial charge in [-0.05, 0) is 60.1 Å². The largest absolute Gasteiger partial charge is 0.449 e. The molecule has 16 nitrogen and oxygen atoms in total. The third-order valence-electron chi connectivity index (χ3n) is 8.19. The second-order valence-corrected chi connectivity index (χ2v) is 12.1. The van der Waals surface area contributed by atoms with Crippen molar-refractivity contribution >= 4 is 74.4 Å².